The second-order valence-corrected chi connectivity index (χ2v) is 2.40. The molecule has 2 nitrogen and oxygen atoms in total. The molecule has 0 aliphatic heterocycles. The molecular formula is C8H13BO2. The molecule has 0 amide bonds. The largest absolute Gasteiger partial charge is 0.467 e. The molecule has 0 aliphatic carbocycles. The van der Waals surface area contributed by atoms with E-state index in [0.717, 1.165) is 6.08 Å². The van der Waals surface area contributed by atoms with Gasteiger partial charge in [0.05, 0.1) is 5.50 Å². The predicted molar refractivity (Wildman–Crippen MR) is 45.4 cm³/mol. The van der Waals surface area contributed by atoms with Gasteiger partial charge in [-0.3, -0.25) is 0 Å². The Morgan fingerprint density at radius 2 is 2.09 bits per heavy atom. The van der Waals surface area contributed by atoms with E-state index in [0.29, 0.717) is 12.8 Å². The average Bonchev–Trinajstić information content (AvgIpc) is 2.04. The van der Waals surface area contributed by atoms with Crippen molar-refractivity contribution in [1.82, 2.24) is 0 Å². The van der Waals surface area contributed by atoms with E-state index in [9.17, 15) is 4.79 Å². The van der Waals surface area contributed by atoms with Crippen molar-refractivity contribution in [3.8, 4) is 0 Å². The van der Waals surface area contributed by atoms with E-state index in [1.807, 2.05) is 13.8 Å². The van der Waals surface area contributed by atoms with E-state index in [-0.39, 0.29) is 0 Å². The van der Waals surface area contributed by atoms with Crippen molar-refractivity contribution in [2.75, 3.05) is 0 Å². The van der Waals surface area contributed by atoms with Crippen LogP contribution in [0.3, 0.4) is 0 Å². The Kier molecular flexibility index (Phi) is 3.94. The molecule has 0 aromatic carbocycles. The van der Waals surface area contributed by atoms with Crippen molar-refractivity contribution in [3.05, 3.63) is 12.7 Å². The lowest BCUT2D eigenvalue weighted by Gasteiger charge is -2.26. The average molecular weight is 152 g/mol. The van der Waals surface area contributed by atoms with E-state index in [1.54, 1.807) is 0 Å². The molecule has 0 aromatic heterocycles. The van der Waals surface area contributed by atoms with Gasteiger partial charge >= 0.3 is 5.97 Å². The molecule has 0 atom stereocenters. The van der Waals surface area contributed by atoms with Crippen LogP contribution in [0.15, 0.2) is 12.7 Å². The minimum atomic E-state index is -0.814. The van der Waals surface area contributed by atoms with E-state index in [1.165, 1.54) is 0 Å². The molecule has 11 heavy (non-hydrogen) atoms. The maximum absolute atomic E-state index is 10.7. The maximum Gasteiger partial charge on any atom is 0.329 e. The summed E-state index contributed by atoms with van der Waals surface area (Å²) in [4.78, 5) is 10.7. The summed E-state index contributed by atoms with van der Waals surface area (Å²) in [6, 6.07) is 0. The highest BCUT2D eigenvalue weighted by Crippen LogP contribution is 2.15. The van der Waals surface area contributed by atoms with Crippen molar-refractivity contribution in [2.45, 2.75) is 32.2 Å². The quantitative estimate of drug-likeness (QED) is 0.345. The lowest BCUT2D eigenvalue weighted by molar-refractivity contribution is -0.146. The predicted octanol–water partition coefficient (Wildman–Crippen LogP) is 1.40. The molecule has 0 aliphatic rings. The lowest BCUT2D eigenvalue weighted by atomic mass is 9.77. The Bertz CT molecular complexity index is 150. The molecule has 0 rings (SSSR count). The Morgan fingerprint density at radius 1 is 1.64 bits per heavy atom. The zero-order valence-corrected chi connectivity index (χ0v) is 7.09. The molecule has 0 heterocycles. The van der Waals surface area contributed by atoms with E-state index < -0.39 is 11.5 Å². The van der Waals surface area contributed by atoms with Gasteiger partial charge in [0, 0.05) is 6.08 Å². The number of ether oxygens (including phenoxy) is 1. The third kappa shape index (κ3) is 3.26. The summed E-state index contributed by atoms with van der Waals surface area (Å²) in [5, 5.41) is 0. The van der Waals surface area contributed by atoms with Crippen molar-refractivity contribution in [2.24, 2.45) is 0 Å². The monoisotopic (exact) mass is 152 g/mol. The van der Waals surface area contributed by atoms with Crippen molar-refractivity contribution < 1.29 is 9.53 Å². The zero-order chi connectivity index (χ0) is 8.91. The van der Waals surface area contributed by atoms with Crippen molar-refractivity contribution in [3.63, 3.8) is 0 Å². The first kappa shape index (κ1) is 10.3. The van der Waals surface area contributed by atoms with Gasteiger partial charge in [0.1, 0.15) is 7.85 Å². The van der Waals surface area contributed by atoms with Gasteiger partial charge in [-0.2, -0.15) is 0 Å². The first-order valence-electron chi connectivity index (χ1n) is 3.72. The Labute approximate surface area is 69.0 Å². The Balaban J connectivity index is 4.06. The number of hydrogen-bond acceptors (Lipinski definition) is 2. The van der Waals surface area contributed by atoms with E-state index in [4.69, 9.17) is 12.6 Å². The fourth-order valence-corrected chi connectivity index (χ4v) is 0.636. The van der Waals surface area contributed by atoms with Gasteiger partial charge in [-0.1, -0.05) is 20.4 Å². The normalized spacial score (nSPS) is 10.7. The smallest absolute Gasteiger partial charge is 0.329 e. The van der Waals surface area contributed by atoms with E-state index >= 15 is 0 Å². The van der Waals surface area contributed by atoms with Crippen LogP contribution in [0.1, 0.15) is 26.7 Å². The van der Waals surface area contributed by atoms with Gasteiger partial charge in [-0.05, 0) is 12.8 Å². The maximum atomic E-state index is 10.7. The first-order chi connectivity index (χ1) is 5.08. The standard InChI is InChI=1S/C8H13BO2/c1-4-7(10)11-8(9,5-2)6-3/h4H,1,5-6H2,2-3H3. The molecule has 0 spiro atoms. The van der Waals surface area contributed by atoms with Crippen LogP contribution in [0.5, 0.6) is 0 Å². The fraction of sp³-hybridized carbons (Fsp3) is 0.625. The van der Waals surface area contributed by atoms with Crippen molar-refractivity contribution >= 4 is 13.8 Å². The highest BCUT2D eigenvalue weighted by atomic mass is 16.6. The third-order valence-corrected chi connectivity index (χ3v) is 1.67. The van der Waals surface area contributed by atoms with Gasteiger partial charge in [0.2, 0.25) is 0 Å². The summed E-state index contributed by atoms with van der Waals surface area (Å²) in [6.45, 7) is 7.03. The summed E-state index contributed by atoms with van der Waals surface area (Å²) in [5.74, 6) is -0.462. The minimum absolute atomic E-state index is 0.462. The van der Waals surface area contributed by atoms with E-state index in [2.05, 4.69) is 6.58 Å². The van der Waals surface area contributed by atoms with Gasteiger partial charge < -0.3 is 4.74 Å². The van der Waals surface area contributed by atoms with Gasteiger partial charge in [-0.25, -0.2) is 4.79 Å². The van der Waals surface area contributed by atoms with Crippen LogP contribution in [0.2, 0.25) is 0 Å². The van der Waals surface area contributed by atoms with Gasteiger partial charge in [0.25, 0.3) is 0 Å². The minimum Gasteiger partial charge on any atom is -0.467 e. The SMILES string of the molecule is [B]C(CC)(CC)OC(=O)C=C. The fourth-order valence-electron chi connectivity index (χ4n) is 0.636. The van der Waals surface area contributed by atoms with Crippen molar-refractivity contribution in [1.29, 1.82) is 0 Å². The second-order valence-electron chi connectivity index (χ2n) is 2.40. The molecule has 0 aromatic rings. The number of carbonyl (C=O) groups is 1. The molecule has 60 valence electrons. The van der Waals surface area contributed by atoms with Crippen LogP contribution in [-0.2, 0) is 9.53 Å². The highest BCUT2D eigenvalue weighted by Gasteiger charge is 2.22. The highest BCUT2D eigenvalue weighted by molar-refractivity contribution is 6.15. The molecule has 0 N–H and O–H groups in total. The summed E-state index contributed by atoms with van der Waals surface area (Å²) in [7, 11) is 5.68. The Morgan fingerprint density at radius 3 is 2.36 bits per heavy atom. The first-order valence-corrected chi connectivity index (χ1v) is 3.72. The van der Waals surface area contributed by atoms with Crippen LogP contribution in [0.4, 0.5) is 0 Å². The molecule has 0 fully saturated rings. The lowest BCUT2D eigenvalue weighted by Crippen LogP contribution is -2.33. The van der Waals surface area contributed by atoms with Crippen LogP contribution in [0, 0.1) is 0 Å². The molecule has 0 saturated heterocycles. The van der Waals surface area contributed by atoms with Gasteiger partial charge in [-0.15, -0.1) is 0 Å². The van der Waals surface area contributed by atoms with Crippen LogP contribution in [-0.4, -0.2) is 19.3 Å². The topological polar surface area (TPSA) is 26.3 Å². The number of hydrogen-bond donors (Lipinski definition) is 0. The zero-order valence-electron chi connectivity index (χ0n) is 7.09. The molecular weight excluding hydrogens is 139 g/mol. The van der Waals surface area contributed by atoms with Crippen LogP contribution in [0.25, 0.3) is 0 Å². The summed E-state index contributed by atoms with van der Waals surface area (Å²) in [6.07, 6.45) is 2.35. The number of esters is 1. The molecule has 2 radical (unpaired) electrons. The summed E-state index contributed by atoms with van der Waals surface area (Å²) in [5.41, 5.74) is -0.814. The molecule has 0 unspecified atom stereocenters. The third-order valence-electron chi connectivity index (χ3n) is 1.67. The van der Waals surface area contributed by atoms with Gasteiger partial charge in [0.15, 0.2) is 0 Å². The number of carbonyl (C=O) groups excluding carboxylic acids is 1. The molecule has 0 bridgehead atoms. The Hall–Kier alpha value is -0.725. The molecule has 3 heteroatoms. The van der Waals surface area contributed by atoms with Crippen LogP contribution < -0.4 is 0 Å². The molecule has 0 saturated carbocycles. The second kappa shape index (κ2) is 4.22. The summed E-state index contributed by atoms with van der Waals surface area (Å²) < 4.78 is 4.91. The number of rotatable bonds is 4. The van der Waals surface area contributed by atoms with Crippen LogP contribution >= 0.6 is 0 Å². The summed E-state index contributed by atoms with van der Waals surface area (Å²) >= 11 is 0.